The minimum atomic E-state index is 0.338. The quantitative estimate of drug-likeness (QED) is 0.812. The third-order valence-electron chi connectivity index (χ3n) is 2.29. The molecule has 0 aliphatic carbocycles. The zero-order valence-corrected chi connectivity index (χ0v) is 11.6. The predicted octanol–water partition coefficient (Wildman–Crippen LogP) is 3.03. The zero-order chi connectivity index (χ0) is 13.1. The summed E-state index contributed by atoms with van der Waals surface area (Å²) in [5, 5.41) is 0. The molecule has 0 fully saturated rings. The van der Waals surface area contributed by atoms with E-state index in [4.69, 9.17) is 23.2 Å². The minimum absolute atomic E-state index is 0.338. The lowest BCUT2D eigenvalue weighted by molar-refractivity contribution is 0.978. The number of rotatable bonds is 3. The Hall–Kier alpha value is -1.26. The van der Waals surface area contributed by atoms with Gasteiger partial charge in [0.15, 0.2) is 11.6 Å². The van der Waals surface area contributed by atoms with E-state index in [1.165, 1.54) is 0 Å². The molecule has 0 N–H and O–H groups in total. The Kier molecular flexibility index (Phi) is 4.09. The fourth-order valence-corrected chi connectivity index (χ4v) is 1.88. The highest BCUT2D eigenvalue weighted by molar-refractivity contribution is 6.17. The van der Waals surface area contributed by atoms with Gasteiger partial charge in [-0.2, -0.15) is 0 Å². The van der Waals surface area contributed by atoms with Crippen molar-refractivity contribution in [3.05, 3.63) is 34.9 Å². The van der Waals surface area contributed by atoms with Crippen molar-refractivity contribution in [3.8, 4) is 11.6 Å². The van der Waals surface area contributed by atoms with Gasteiger partial charge in [-0.15, -0.1) is 23.2 Å². The van der Waals surface area contributed by atoms with Crippen LogP contribution in [0.3, 0.4) is 0 Å². The summed E-state index contributed by atoms with van der Waals surface area (Å²) in [5.41, 5.74) is 3.20. The fourth-order valence-electron chi connectivity index (χ4n) is 1.60. The Labute approximate surface area is 115 Å². The van der Waals surface area contributed by atoms with Crippen molar-refractivity contribution in [2.24, 2.45) is 0 Å². The minimum Gasteiger partial charge on any atom is -0.231 e. The van der Waals surface area contributed by atoms with Gasteiger partial charge in [0.2, 0.25) is 0 Å². The topological polar surface area (TPSA) is 51.6 Å². The van der Waals surface area contributed by atoms with Crippen molar-refractivity contribution in [1.82, 2.24) is 19.9 Å². The number of hydrogen-bond donors (Lipinski definition) is 0. The van der Waals surface area contributed by atoms with Crippen LogP contribution < -0.4 is 0 Å². The van der Waals surface area contributed by atoms with Crippen molar-refractivity contribution >= 4 is 23.2 Å². The Balaban J connectivity index is 2.53. The Morgan fingerprint density at radius 1 is 0.778 bits per heavy atom. The predicted molar refractivity (Wildman–Crippen MR) is 71.6 cm³/mol. The van der Waals surface area contributed by atoms with E-state index in [2.05, 4.69) is 19.9 Å². The van der Waals surface area contributed by atoms with Gasteiger partial charge in [0.05, 0.1) is 23.1 Å². The summed E-state index contributed by atoms with van der Waals surface area (Å²) in [6, 6.07) is 3.68. The van der Waals surface area contributed by atoms with Crippen LogP contribution in [0.5, 0.6) is 0 Å². The number of aryl methyl sites for hydroxylation is 2. The highest BCUT2D eigenvalue weighted by Gasteiger charge is 2.09. The molecular weight excluding hydrogens is 271 g/mol. The van der Waals surface area contributed by atoms with Gasteiger partial charge in [-0.1, -0.05) is 0 Å². The SMILES string of the molecule is Cc1cc(CCl)nc(-c2nc(C)cc(CCl)n2)n1. The van der Waals surface area contributed by atoms with Crippen LogP contribution in [0, 0.1) is 13.8 Å². The molecule has 2 aromatic rings. The molecule has 2 aromatic heterocycles. The molecule has 0 atom stereocenters. The molecule has 0 unspecified atom stereocenters. The monoisotopic (exact) mass is 282 g/mol. The maximum absolute atomic E-state index is 5.80. The van der Waals surface area contributed by atoms with E-state index in [9.17, 15) is 0 Å². The fraction of sp³-hybridized carbons (Fsp3) is 0.333. The van der Waals surface area contributed by atoms with Crippen LogP contribution in [0.4, 0.5) is 0 Å². The van der Waals surface area contributed by atoms with Gasteiger partial charge < -0.3 is 0 Å². The van der Waals surface area contributed by atoms with Crippen molar-refractivity contribution in [1.29, 1.82) is 0 Å². The summed E-state index contributed by atoms with van der Waals surface area (Å²) >= 11 is 11.6. The molecule has 18 heavy (non-hydrogen) atoms. The normalized spacial score (nSPS) is 10.7. The first-order valence-corrected chi connectivity index (χ1v) is 6.50. The van der Waals surface area contributed by atoms with Gasteiger partial charge in [-0.3, -0.25) is 0 Å². The molecule has 6 heteroatoms. The molecule has 0 amide bonds. The first-order chi connectivity index (χ1) is 8.62. The van der Waals surface area contributed by atoms with Gasteiger partial charge >= 0.3 is 0 Å². The van der Waals surface area contributed by atoms with E-state index in [1.807, 2.05) is 26.0 Å². The number of hydrogen-bond acceptors (Lipinski definition) is 4. The van der Waals surface area contributed by atoms with Crippen LogP contribution in [-0.4, -0.2) is 19.9 Å². The maximum atomic E-state index is 5.80. The van der Waals surface area contributed by atoms with Gasteiger partial charge in [0, 0.05) is 11.4 Å². The number of aromatic nitrogens is 4. The lowest BCUT2D eigenvalue weighted by Gasteiger charge is -2.05. The van der Waals surface area contributed by atoms with Crippen LogP contribution in [0.25, 0.3) is 11.6 Å². The van der Waals surface area contributed by atoms with E-state index < -0.39 is 0 Å². The highest BCUT2D eigenvalue weighted by Crippen LogP contribution is 2.14. The molecule has 0 aliphatic rings. The summed E-state index contributed by atoms with van der Waals surface area (Å²) in [6.45, 7) is 3.78. The van der Waals surface area contributed by atoms with Crippen LogP contribution >= 0.6 is 23.2 Å². The zero-order valence-electron chi connectivity index (χ0n) is 10.1. The molecule has 0 spiro atoms. The third kappa shape index (κ3) is 2.94. The second-order valence-electron chi connectivity index (χ2n) is 3.92. The highest BCUT2D eigenvalue weighted by atomic mass is 35.5. The largest absolute Gasteiger partial charge is 0.231 e. The standard InChI is InChI=1S/C12H12Cl2N4/c1-7-3-9(5-13)17-11(15-7)12-16-8(2)4-10(6-14)18-12/h3-4H,5-6H2,1-2H3. The van der Waals surface area contributed by atoms with Crippen molar-refractivity contribution in [2.45, 2.75) is 25.6 Å². The van der Waals surface area contributed by atoms with Crippen LogP contribution in [0.1, 0.15) is 22.8 Å². The van der Waals surface area contributed by atoms with Crippen LogP contribution in [0.2, 0.25) is 0 Å². The van der Waals surface area contributed by atoms with E-state index in [1.54, 1.807) is 0 Å². The average molecular weight is 283 g/mol. The smallest absolute Gasteiger partial charge is 0.198 e. The summed E-state index contributed by atoms with van der Waals surface area (Å²) in [5.74, 6) is 1.65. The molecule has 2 rings (SSSR count). The molecule has 0 aliphatic heterocycles. The first-order valence-electron chi connectivity index (χ1n) is 5.44. The average Bonchev–Trinajstić information content (AvgIpc) is 2.37. The van der Waals surface area contributed by atoms with Gasteiger partial charge in [0.1, 0.15) is 0 Å². The molecule has 94 valence electrons. The molecule has 4 nitrogen and oxygen atoms in total. The van der Waals surface area contributed by atoms with E-state index >= 15 is 0 Å². The summed E-state index contributed by atoms with van der Waals surface area (Å²) < 4.78 is 0. The lowest BCUT2D eigenvalue weighted by Crippen LogP contribution is -2.02. The second-order valence-corrected chi connectivity index (χ2v) is 4.45. The Morgan fingerprint density at radius 2 is 1.17 bits per heavy atom. The molecular formula is C12H12Cl2N4. The van der Waals surface area contributed by atoms with Gasteiger partial charge in [0.25, 0.3) is 0 Å². The molecule has 0 aromatic carbocycles. The number of halogens is 2. The number of nitrogens with zero attached hydrogens (tertiary/aromatic N) is 4. The van der Waals surface area contributed by atoms with E-state index in [-0.39, 0.29) is 0 Å². The number of alkyl halides is 2. The van der Waals surface area contributed by atoms with E-state index in [0.29, 0.717) is 23.4 Å². The summed E-state index contributed by atoms with van der Waals surface area (Å²) in [6.07, 6.45) is 0. The maximum Gasteiger partial charge on any atom is 0.198 e. The van der Waals surface area contributed by atoms with Crippen molar-refractivity contribution < 1.29 is 0 Å². The third-order valence-corrected chi connectivity index (χ3v) is 2.84. The van der Waals surface area contributed by atoms with Crippen molar-refractivity contribution in [2.75, 3.05) is 0 Å². The van der Waals surface area contributed by atoms with Crippen molar-refractivity contribution in [3.63, 3.8) is 0 Å². The van der Waals surface area contributed by atoms with Gasteiger partial charge in [-0.05, 0) is 26.0 Å². The first kappa shape index (κ1) is 13.2. The molecule has 0 saturated carbocycles. The molecule has 0 bridgehead atoms. The summed E-state index contributed by atoms with van der Waals surface area (Å²) in [7, 11) is 0. The Morgan fingerprint density at radius 3 is 1.50 bits per heavy atom. The van der Waals surface area contributed by atoms with Gasteiger partial charge in [-0.25, -0.2) is 19.9 Å². The van der Waals surface area contributed by atoms with Crippen LogP contribution in [0.15, 0.2) is 12.1 Å². The van der Waals surface area contributed by atoms with E-state index in [0.717, 1.165) is 22.8 Å². The molecule has 0 saturated heterocycles. The second kappa shape index (κ2) is 5.59. The molecule has 2 heterocycles. The molecule has 0 radical (unpaired) electrons. The Bertz CT molecular complexity index is 520. The summed E-state index contributed by atoms with van der Waals surface area (Å²) in [4.78, 5) is 17.3. The van der Waals surface area contributed by atoms with Crippen LogP contribution in [-0.2, 0) is 11.8 Å². The lowest BCUT2D eigenvalue weighted by atomic mass is 10.3.